The quantitative estimate of drug-likeness (QED) is 0.616. The van der Waals surface area contributed by atoms with E-state index >= 15 is 0 Å². The molecular weight excluding hydrogens is 359 g/mol. The van der Waals surface area contributed by atoms with Crippen molar-refractivity contribution in [1.29, 1.82) is 0 Å². The van der Waals surface area contributed by atoms with E-state index in [1.165, 1.54) is 19.2 Å². The summed E-state index contributed by atoms with van der Waals surface area (Å²) in [6.45, 7) is 2.50. The van der Waals surface area contributed by atoms with E-state index in [1.807, 2.05) is 30.3 Å². The second kappa shape index (κ2) is 9.98. The molecule has 2 aromatic carbocycles. The van der Waals surface area contributed by atoms with Crippen molar-refractivity contribution in [2.45, 2.75) is 31.0 Å². The third-order valence-corrected chi connectivity index (χ3v) is 5.35. The van der Waals surface area contributed by atoms with Crippen LogP contribution >= 0.6 is 0 Å². The number of benzene rings is 2. The highest BCUT2D eigenvalue weighted by atomic mass is 19.1. The molecule has 3 rings (SSSR count). The molecule has 0 aromatic heterocycles. The lowest BCUT2D eigenvalue weighted by atomic mass is 9.98. The van der Waals surface area contributed by atoms with E-state index in [1.54, 1.807) is 6.07 Å². The molecule has 3 atom stereocenters. The molecule has 1 fully saturated rings. The van der Waals surface area contributed by atoms with Crippen molar-refractivity contribution >= 4 is 0 Å². The van der Waals surface area contributed by atoms with Gasteiger partial charge in [0, 0.05) is 6.54 Å². The molecule has 1 saturated heterocycles. The molecule has 1 unspecified atom stereocenters. The van der Waals surface area contributed by atoms with Crippen molar-refractivity contribution in [1.82, 2.24) is 10.2 Å². The second-order valence-electron chi connectivity index (χ2n) is 7.27. The minimum Gasteiger partial charge on any atom is -0.494 e. The molecular formula is C22H29FN2O3. The van der Waals surface area contributed by atoms with Gasteiger partial charge in [-0.3, -0.25) is 0 Å². The first-order valence-electron chi connectivity index (χ1n) is 9.78. The van der Waals surface area contributed by atoms with Crippen molar-refractivity contribution in [2.75, 3.05) is 33.4 Å². The Morgan fingerprint density at radius 3 is 2.43 bits per heavy atom. The van der Waals surface area contributed by atoms with Crippen molar-refractivity contribution in [3.05, 3.63) is 65.5 Å². The number of nitrogens with one attached hydrogen (secondary N) is 1. The number of aliphatic hydroxyl groups is 2. The molecule has 3 N–H and O–H groups in total. The molecule has 152 valence electrons. The van der Waals surface area contributed by atoms with Crippen molar-refractivity contribution < 1.29 is 19.3 Å². The summed E-state index contributed by atoms with van der Waals surface area (Å²) in [6, 6.07) is 13.5. The summed E-state index contributed by atoms with van der Waals surface area (Å²) < 4.78 is 19.1. The van der Waals surface area contributed by atoms with E-state index in [4.69, 9.17) is 4.74 Å². The molecule has 0 radical (unpaired) electrons. The van der Waals surface area contributed by atoms with Crippen LogP contribution in [-0.4, -0.2) is 54.5 Å². The van der Waals surface area contributed by atoms with E-state index in [2.05, 4.69) is 10.2 Å². The number of hydrogen-bond acceptors (Lipinski definition) is 5. The average molecular weight is 388 g/mol. The second-order valence-corrected chi connectivity index (χ2v) is 7.27. The highest BCUT2D eigenvalue weighted by Gasteiger charge is 2.28. The largest absolute Gasteiger partial charge is 0.494 e. The van der Waals surface area contributed by atoms with Crippen LogP contribution in [0.15, 0.2) is 48.5 Å². The zero-order valence-electron chi connectivity index (χ0n) is 16.2. The summed E-state index contributed by atoms with van der Waals surface area (Å²) in [5.74, 6) is -0.349. The van der Waals surface area contributed by atoms with Crippen molar-refractivity contribution in [2.24, 2.45) is 0 Å². The maximum Gasteiger partial charge on any atom is 0.165 e. The van der Waals surface area contributed by atoms with E-state index in [-0.39, 0.29) is 24.4 Å². The van der Waals surface area contributed by atoms with Crippen LogP contribution in [0.4, 0.5) is 4.39 Å². The fourth-order valence-electron chi connectivity index (χ4n) is 3.78. The molecule has 1 aliphatic rings. The van der Waals surface area contributed by atoms with E-state index in [0.717, 1.165) is 31.5 Å². The van der Waals surface area contributed by atoms with Crippen LogP contribution in [0.3, 0.4) is 0 Å². The van der Waals surface area contributed by atoms with Crippen molar-refractivity contribution in [3.8, 4) is 5.75 Å². The summed E-state index contributed by atoms with van der Waals surface area (Å²) in [7, 11) is 1.41. The molecule has 6 heteroatoms. The zero-order valence-corrected chi connectivity index (χ0v) is 16.2. The summed E-state index contributed by atoms with van der Waals surface area (Å²) in [4.78, 5) is 2.29. The number of nitrogens with zero attached hydrogens (tertiary/aromatic N) is 1. The van der Waals surface area contributed by atoms with Gasteiger partial charge in [-0.1, -0.05) is 36.4 Å². The van der Waals surface area contributed by atoms with E-state index < -0.39 is 11.9 Å². The van der Waals surface area contributed by atoms with Gasteiger partial charge in [-0.25, -0.2) is 4.39 Å². The fraction of sp³-hybridized carbons (Fsp3) is 0.455. The monoisotopic (exact) mass is 388 g/mol. The van der Waals surface area contributed by atoms with E-state index in [9.17, 15) is 14.6 Å². The smallest absolute Gasteiger partial charge is 0.165 e. The predicted octanol–water partition coefficient (Wildman–Crippen LogP) is 2.66. The minimum absolute atomic E-state index is 0.0930. The Balaban J connectivity index is 1.81. The molecule has 1 heterocycles. The molecule has 5 nitrogen and oxygen atoms in total. The molecule has 1 aliphatic heterocycles. The van der Waals surface area contributed by atoms with Gasteiger partial charge < -0.3 is 25.2 Å². The summed E-state index contributed by atoms with van der Waals surface area (Å²) in [6.07, 6.45) is 1.36. The highest BCUT2D eigenvalue weighted by Crippen LogP contribution is 2.26. The highest BCUT2D eigenvalue weighted by molar-refractivity contribution is 5.31. The molecule has 0 saturated carbocycles. The molecule has 0 aliphatic carbocycles. The number of ether oxygens (including phenoxy) is 1. The topological polar surface area (TPSA) is 65.0 Å². The van der Waals surface area contributed by atoms with Crippen molar-refractivity contribution in [3.63, 3.8) is 0 Å². The Bertz CT molecular complexity index is 738. The van der Waals surface area contributed by atoms with Crippen LogP contribution in [0.5, 0.6) is 5.75 Å². The average Bonchev–Trinajstić information content (AvgIpc) is 3.24. The summed E-state index contributed by atoms with van der Waals surface area (Å²) in [5, 5.41) is 24.4. The fourth-order valence-corrected chi connectivity index (χ4v) is 3.78. The zero-order chi connectivity index (χ0) is 19.9. The maximum absolute atomic E-state index is 14.2. The Labute approximate surface area is 165 Å². The van der Waals surface area contributed by atoms with Gasteiger partial charge in [-0.05, 0) is 49.2 Å². The van der Waals surface area contributed by atoms with Gasteiger partial charge in [-0.2, -0.15) is 0 Å². The van der Waals surface area contributed by atoms with Gasteiger partial charge in [0.05, 0.1) is 31.9 Å². The number of rotatable bonds is 9. The SMILES string of the molecule is COc1ccc([C@@H](O)[C@@H](CN2CCCC2)NC(CO)c2ccccc2)cc1F. The Hall–Kier alpha value is -1.99. The summed E-state index contributed by atoms with van der Waals surface area (Å²) in [5.41, 5.74) is 1.43. The number of hydrogen-bond donors (Lipinski definition) is 3. The van der Waals surface area contributed by atoms with Crippen LogP contribution in [0, 0.1) is 5.82 Å². The Kier molecular flexibility index (Phi) is 7.39. The standard InChI is InChI=1S/C22H29FN2O3/c1-28-21-10-9-17(13-18(21)23)22(27)19(14-25-11-5-6-12-25)24-20(15-26)16-7-3-2-4-8-16/h2-4,7-10,13,19-20,22,24,26-27H,5-6,11-12,14-15H2,1H3/t19-,20?,22-/m1/s1. The number of halogens is 1. The van der Waals surface area contributed by atoms with Gasteiger partial charge in [-0.15, -0.1) is 0 Å². The number of likely N-dealkylation sites (tertiary alicyclic amines) is 1. The van der Waals surface area contributed by atoms with Gasteiger partial charge >= 0.3 is 0 Å². The third-order valence-electron chi connectivity index (χ3n) is 5.35. The van der Waals surface area contributed by atoms with Crippen LogP contribution < -0.4 is 10.1 Å². The first-order valence-corrected chi connectivity index (χ1v) is 9.78. The summed E-state index contributed by atoms with van der Waals surface area (Å²) >= 11 is 0. The lowest BCUT2D eigenvalue weighted by Crippen LogP contribution is -2.46. The normalized spacial score (nSPS) is 18.0. The van der Waals surface area contributed by atoms with Crippen LogP contribution in [0.1, 0.15) is 36.1 Å². The van der Waals surface area contributed by atoms with Gasteiger partial charge in [0.1, 0.15) is 0 Å². The lowest BCUT2D eigenvalue weighted by Gasteiger charge is -2.32. The number of methoxy groups -OCH3 is 1. The van der Waals surface area contributed by atoms with Crippen LogP contribution in [0.25, 0.3) is 0 Å². The molecule has 0 bridgehead atoms. The predicted molar refractivity (Wildman–Crippen MR) is 107 cm³/mol. The first kappa shape index (κ1) is 20.7. The van der Waals surface area contributed by atoms with Crippen LogP contribution in [0.2, 0.25) is 0 Å². The molecule has 0 spiro atoms. The number of aliphatic hydroxyl groups excluding tert-OH is 2. The third kappa shape index (κ3) is 5.08. The van der Waals surface area contributed by atoms with Gasteiger partial charge in [0.2, 0.25) is 0 Å². The minimum atomic E-state index is -0.918. The maximum atomic E-state index is 14.2. The lowest BCUT2D eigenvalue weighted by molar-refractivity contribution is 0.0912. The van der Waals surface area contributed by atoms with Crippen LogP contribution in [-0.2, 0) is 0 Å². The Morgan fingerprint density at radius 1 is 1.11 bits per heavy atom. The Morgan fingerprint density at radius 2 is 1.82 bits per heavy atom. The molecule has 2 aromatic rings. The van der Waals surface area contributed by atoms with Gasteiger partial charge in [0.25, 0.3) is 0 Å². The van der Waals surface area contributed by atoms with Gasteiger partial charge in [0.15, 0.2) is 11.6 Å². The molecule has 0 amide bonds. The molecule has 28 heavy (non-hydrogen) atoms. The van der Waals surface area contributed by atoms with E-state index in [0.29, 0.717) is 12.1 Å². The first-order chi connectivity index (χ1) is 13.6.